The summed E-state index contributed by atoms with van der Waals surface area (Å²) in [5.41, 5.74) is 1.25. The summed E-state index contributed by atoms with van der Waals surface area (Å²) in [5.74, 6) is 3.07. The second-order valence-corrected chi connectivity index (χ2v) is 7.36. The van der Waals surface area contributed by atoms with Crippen LogP contribution in [0.15, 0.2) is 24.5 Å². The summed E-state index contributed by atoms with van der Waals surface area (Å²) >= 11 is 1.82. The Kier molecular flexibility index (Phi) is 5.73. The fourth-order valence-electron chi connectivity index (χ4n) is 2.82. The van der Waals surface area contributed by atoms with Gasteiger partial charge in [-0.15, -0.1) is 0 Å². The molecular formula is C17H25N3OS. The first kappa shape index (κ1) is 15.8. The van der Waals surface area contributed by atoms with Crippen molar-refractivity contribution in [2.75, 3.05) is 37.7 Å². The molecule has 0 unspecified atom stereocenters. The highest BCUT2D eigenvalue weighted by atomic mass is 32.2. The minimum absolute atomic E-state index is 0.328. The molecule has 4 nitrogen and oxygen atoms in total. The largest absolute Gasteiger partial charge is 0.341 e. The second kappa shape index (κ2) is 7.97. The van der Waals surface area contributed by atoms with Crippen molar-refractivity contribution in [2.45, 2.75) is 25.8 Å². The van der Waals surface area contributed by atoms with Gasteiger partial charge in [0.1, 0.15) is 0 Å². The van der Waals surface area contributed by atoms with Crippen LogP contribution >= 0.6 is 11.8 Å². The van der Waals surface area contributed by atoms with Gasteiger partial charge in [-0.1, -0.05) is 6.07 Å². The minimum Gasteiger partial charge on any atom is -0.341 e. The highest BCUT2D eigenvalue weighted by Gasteiger charge is 2.23. The molecule has 0 atom stereocenters. The molecule has 1 amide bonds. The number of pyridine rings is 1. The smallest absolute Gasteiger partial charge is 0.232 e. The predicted octanol–water partition coefficient (Wildman–Crippen LogP) is 2.26. The van der Waals surface area contributed by atoms with Crippen LogP contribution in [0.3, 0.4) is 0 Å². The zero-order chi connectivity index (χ0) is 15.2. The molecule has 1 saturated heterocycles. The molecule has 1 aliphatic heterocycles. The van der Waals surface area contributed by atoms with Crippen LogP contribution in [0.4, 0.5) is 0 Å². The molecule has 3 rings (SSSR count). The van der Waals surface area contributed by atoms with E-state index in [2.05, 4.69) is 20.9 Å². The zero-order valence-electron chi connectivity index (χ0n) is 13.1. The highest BCUT2D eigenvalue weighted by molar-refractivity contribution is 7.99. The average Bonchev–Trinajstić information content (AvgIpc) is 3.36. The standard InChI is InChI=1S/C17H25N3OS/c21-17(14-22-13-15-4-5-15)20-8-2-7-19(9-10-20)12-16-3-1-6-18-11-16/h1,3,6,11,15H,2,4-5,7-10,12-14H2. The molecule has 0 bridgehead atoms. The van der Waals surface area contributed by atoms with E-state index in [0.29, 0.717) is 11.7 Å². The van der Waals surface area contributed by atoms with Crippen molar-refractivity contribution < 1.29 is 4.79 Å². The number of carbonyl (C=O) groups excluding carboxylic acids is 1. The first-order valence-electron chi connectivity index (χ1n) is 8.28. The number of aromatic nitrogens is 1. The van der Waals surface area contributed by atoms with Gasteiger partial charge in [0.2, 0.25) is 5.91 Å². The van der Waals surface area contributed by atoms with E-state index in [1.165, 1.54) is 24.2 Å². The van der Waals surface area contributed by atoms with Crippen LogP contribution in [0, 0.1) is 5.92 Å². The maximum atomic E-state index is 12.3. The van der Waals surface area contributed by atoms with Crippen LogP contribution in [0.1, 0.15) is 24.8 Å². The Bertz CT molecular complexity index is 478. The summed E-state index contributed by atoms with van der Waals surface area (Å²) < 4.78 is 0. The Morgan fingerprint density at radius 3 is 2.95 bits per heavy atom. The van der Waals surface area contributed by atoms with Gasteiger partial charge in [-0.05, 0) is 42.6 Å². The van der Waals surface area contributed by atoms with Crippen molar-refractivity contribution in [3.63, 3.8) is 0 Å². The molecule has 2 fully saturated rings. The lowest BCUT2D eigenvalue weighted by Crippen LogP contribution is -2.36. The van der Waals surface area contributed by atoms with Crippen molar-refractivity contribution in [3.05, 3.63) is 30.1 Å². The van der Waals surface area contributed by atoms with E-state index >= 15 is 0 Å². The Balaban J connectivity index is 1.41. The lowest BCUT2D eigenvalue weighted by molar-refractivity contribution is -0.128. The van der Waals surface area contributed by atoms with Crippen LogP contribution in [0.5, 0.6) is 0 Å². The molecule has 1 aromatic rings. The quantitative estimate of drug-likeness (QED) is 0.806. The summed E-state index contributed by atoms with van der Waals surface area (Å²) in [6.45, 7) is 4.74. The van der Waals surface area contributed by atoms with E-state index in [1.54, 1.807) is 0 Å². The number of thioether (sulfide) groups is 1. The monoisotopic (exact) mass is 319 g/mol. The van der Waals surface area contributed by atoms with Crippen molar-refractivity contribution in [3.8, 4) is 0 Å². The molecule has 1 aliphatic carbocycles. The van der Waals surface area contributed by atoms with Crippen molar-refractivity contribution >= 4 is 17.7 Å². The lowest BCUT2D eigenvalue weighted by atomic mass is 10.2. The fraction of sp³-hybridized carbons (Fsp3) is 0.647. The molecule has 0 spiro atoms. The van der Waals surface area contributed by atoms with Gasteiger partial charge in [0.25, 0.3) is 0 Å². The topological polar surface area (TPSA) is 36.4 Å². The van der Waals surface area contributed by atoms with Gasteiger partial charge in [0.15, 0.2) is 0 Å². The zero-order valence-corrected chi connectivity index (χ0v) is 13.9. The SMILES string of the molecule is O=C(CSCC1CC1)N1CCCN(Cc2cccnc2)CC1. The molecule has 1 aromatic heterocycles. The first-order valence-corrected chi connectivity index (χ1v) is 9.43. The predicted molar refractivity (Wildman–Crippen MR) is 90.8 cm³/mol. The van der Waals surface area contributed by atoms with Crippen LogP contribution in [0.25, 0.3) is 0 Å². The van der Waals surface area contributed by atoms with Gasteiger partial charge in [-0.3, -0.25) is 14.7 Å². The summed E-state index contributed by atoms with van der Waals surface area (Å²) in [6.07, 6.45) is 7.55. The van der Waals surface area contributed by atoms with Gasteiger partial charge in [-0.2, -0.15) is 11.8 Å². The number of carbonyl (C=O) groups is 1. The highest BCUT2D eigenvalue weighted by Crippen LogP contribution is 2.32. The molecule has 2 aliphatic rings. The maximum absolute atomic E-state index is 12.3. The Morgan fingerprint density at radius 2 is 2.18 bits per heavy atom. The van der Waals surface area contributed by atoms with Gasteiger partial charge in [0.05, 0.1) is 5.75 Å². The van der Waals surface area contributed by atoms with E-state index in [9.17, 15) is 4.79 Å². The van der Waals surface area contributed by atoms with Crippen LogP contribution in [-0.4, -0.2) is 58.4 Å². The van der Waals surface area contributed by atoms with Gasteiger partial charge in [0, 0.05) is 45.1 Å². The third-order valence-electron chi connectivity index (χ3n) is 4.35. The van der Waals surface area contributed by atoms with Crippen molar-refractivity contribution in [2.24, 2.45) is 5.92 Å². The van der Waals surface area contributed by atoms with Gasteiger partial charge in [-0.25, -0.2) is 0 Å². The molecule has 0 radical (unpaired) electrons. The molecule has 120 valence electrons. The summed E-state index contributed by atoms with van der Waals surface area (Å²) in [6, 6.07) is 4.11. The molecule has 0 aromatic carbocycles. The molecule has 22 heavy (non-hydrogen) atoms. The third-order valence-corrected chi connectivity index (χ3v) is 5.50. The van der Waals surface area contributed by atoms with Gasteiger partial charge < -0.3 is 4.90 Å². The molecule has 2 heterocycles. The summed E-state index contributed by atoms with van der Waals surface area (Å²) in [5, 5.41) is 0. The maximum Gasteiger partial charge on any atom is 0.232 e. The number of hydrogen-bond acceptors (Lipinski definition) is 4. The van der Waals surface area contributed by atoms with Crippen molar-refractivity contribution in [1.82, 2.24) is 14.8 Å². The van der Waals surface area contributed by atoms with E-state index in [4.69, 9.17) is 0 Å². The number of amides is 1. The minimum atomic E-state index is 0.328. The normalized spacial score (nSPS) is 19.9. The first-order chi connectivity index (χ1) is 10.8. The molecule has 5 heteroatoms. The Hall–Kier alpha value is -1.07. The molecule has 0 N–H and O–H groups in total. The van der Waals surface area contributed by atoms with Crippen molar-refractivity contribution in [1.29, 1.82) is 0 Å². The van der Waals surface area contributed by atoms with Crippen LogP contribution < -0.4 is 0 Å². The third kappa shape index (κ3) is 4.99. The van der Waals surface area contributed by atoms with Crippen LogP contribution in [-0.2, 0) is 11.3 Å². The lowest BCUT2D eigenvalue weighted by Gasteiger charge is -2.22. The van der Waals surface area contributed by atoms with E-state index in [0.717, 1.165) is 45.1 Å². The van der Waals surface area contributed by atoms with Gasteiger partial charge >= 0.3 is 0 Å². The number of rotatable bonds is 6. The van der Waals surface area contributed by atoms with E-state index in [1.807, 2.05) is 30.2 Å². The Morgan fingerprint density at radius 1 is 1.27 bits per heavy atom. The van der Waals surface area contributed by atoms with Crippen LogP contribution in [0.2, 0.25) is 0 Å². The summed E-state index contributed by atoms with van der Waals surface area (Å²) in [4.78, 5) is 21.0. The fourth-order valence-corrected chi connectivity index (χ4v) is 3.96. The van der Waals surface area contributed by atoms with E-state index in [-0.39, 0.29) is 0 Å². The number of hydrogen-bond donors (Lipinski definition) is 0. The second-order valence-electron chi connectivity index (χ2n) is 6.33. The average molecular weight is 319 g/mol. The molecular weight excluding hydrogens is 294 g/mol. The molecule has 1 saturated carbocycles. The number of nitrogens with zero attached hydrogens (tertiary/aromatic N) is 3. The Labute approximate surface area is 137 Å². The summed E-state index contributed by atoms with van der Waals surface area (Å²) in [7, 11) is 0. The van der Waals surface area contributed by atoms with E-state index < -0.39 is 0 Å².